The number of aryl methyl sites for hydroxylation is 1. The molecule has 1 amide bonds. The van der Waals surface area contributed by atoms with Gasteiger partial charge in [-0.1, -0.05) is 42.5 Å². The minimum Gasteiger partial charge on any atom is -0.350 e. The van der Waals surface area contributed by atoms with Crippen molar-refractivity contribution < 1.29 is 18.0 Å². The largest absolute Gasteiger partial charge is 0.416 e. The highest BCUT2D eigenvalue weighted by molar-refractivity contribution is 5.91. The molecule has 0 radical (unpaired) electrons. The maximum Gasteiger partial charge on any atom is 0.416 e. The third-order valence-corrected chi connectivity index (χ3v) is 3.74. The van der Waals surface area contributed by atoms with Crippen LogP contribution < -0.4 is 5.32 Å². The fourth-order valence-corrected chi connectivity index (χ4v) is 2.38. The van der Waals surface area contributed by atoms with Gasteiger partial charge in [-0.25, -0.2) is 0 Å². The van der Waals surface area contributed by atoms with Gasteiger partial charge in [0, 0.05) is 12.1 Å². The number of benzene rings is 2. The molecule has 0 aliphatic carbocycles. The van der Waals surface area contributed by atoms with Gasteiger partial charge in [-0.3, -0.25) is 4.79 Å². The summed E-state index contributed by atoms with van der Waals surface area (Å²) in [5, 5.41) is 2.82. The van der Waals surface area contributed by atoms with Gasteiger partial charge < -0.3 is 5.32 Å². The Morgan fingerprint density at radius 2 is 1.84 bits per heavy atom. The van der Waals surface area contributed by atoms with E-state index in [2.05, 4.69) is 5.32 Å². The Kier molecular flexibility index (Phi) is 6.39. The number of carbonyl (C=O) groups is 1. The van der Waals surface area contributed by atoms with Gasteiger partial charge in [0.05, 0.1) is 5.56 Å². The highest BCUT2D eigenvalue weighted by Gasteiger charge is 2.30. The van der Waals surface area contributed by atoms with Gasteiger partial charge in [-0.15, -0.1) is 0 Å². The van der Waals surface area contributed by atoms with Crippen LogP contribution in [0.3, 0.4) is 0 Å². The van der Waals surface area contributed by atoms with Crippen molar-refractivity contribution in [3.8, 4) is 0 Å². The second kappa shape index (κ2) is 8.51. The number of amides is 1. The van der Waals surface area contributed by atoms with Crippen LogP contribution in [0.2, 0.25) is 0 Å². The minimum absolute atomic E-state index is 0.0288. The monoisotopic (exact) mass is 347 g/mol. The number of hydrogen-bond donors (Lipinski definition) is 1. The molecule has 5 heteroatoms. The van der Waals surface area contributed by atoms with E-state index >= 15 is 0 Å². The van der Waals surface area contributed by atoms with Crippen LogP contribution in [0.5, 0.6) is 0 Å². The quantitative estimate of drug-likeness (QED) is 0.743. The van der Waals surface area contributed by atoms with Gasteiger partial charge in [0.15, 0.2) is 0 Å². The zero-order valence-corrected chi connectivity index (χ0v) is 13.9. The zero-order chi connectivity index (χ0) is 18.3. The molecule has 0 bridgehead atoms. The SMILES string of the molecule is C[C@@H](CCc1ccccc1)NC(=O)/C=C/c1cccc(C(F)(F)F)c1. The predicted molar refractivity (Wildman–Crippen MR) is 92.8 cm³/mol. The first-order valence-corrected chi connectivity index (χ1v) is 8.04. The molecule has 0 aliphatic rings. The summed E-state index contributed by atoms with van der Waals surface area (Å²) in [7, 11) is 0. The first-order chi connectivity index (χ1) is 11.8. The second-order valence-corrected chi connectivity index (χ2v) is 5.89. The average molecular weight is 347 g/mol. The molecule has 0 saturated carbocycles. The Morgan fingerprint density at radius 1 is 1.12 bits per heavy atom. The maximum absolute atomic E-state index is 12.7. The van der Waals surface area contributed by atoms with E-state index in [0.717, 1.165) is 25.0 Å². The van der Waals surface area contributed by atoms with Crippen molar-refractivity contribution in [3.05, 3.63) is 77.4 Å². The molecular formula is C20H20F3NO. The Labute approximate surface area is 145 Å². The van der Waals surface area contributed by atoms with E-state index in [4.69, 9.17) is 0 Å². The molecule has 1 atom stereocenters. The lowest BCUT2D eigenvalue weighted by Crippen LogP contribution is -2.31. The van der Waals surface area contributed by atoms with Crippen molar-refractivity contribution in [1.82, 2.24) is 5.32 Å². The molecule has 25 heavy (non-hydrogen) atoms. The van der Waals surface area contributed by atoms with Gasteiger partial charge in [-0.05, 0) is 49.1 Å². The van der Waals surface area contributed by atoms with Crippen LogP contribution in [0.25, 0.3) is 6.08 Å². The molecule has 2 aromatic carbocycles. The smallest absolute Gasteiger partial charge is 0.350 e. The van der Waals surface area contributed by atoms with E-state index in [0.29, 0.717) is 5.56 Å². The van der Waals surface area contributed by atoms with E-state index < -0.39 is 11.7 Å². The summed E-state index contributed by atoms with van der Waals surface area (Å²) >= 11 is 0. The highest BCUT2D eigenvalue weighted by atomic mass is 19.4. The Balaban J connectivity index is 1.86. The Hall–Kier alpha value is -2.56. The number of halogens is 3. The van der Waals surface area contributed by atoms with Crippen molar-refractivity contribution in [3.63, 3.8) is 0 Å². The van der Waals surface area contributed by atoms with Crippen LogP contribution in [0.1, 0.15) is 30.0 Å². The van der Waals surface area contributed by atoms with Crippen molar-refractivity contribution >= 4 is 12.0 Å². The molecule has 1 N–H and O–H groups in total. The number of nitrogens with one attached hydrogen (secondary N) is 1. The van der Waals surface area contributed by atoms with Gasteiger partial charge in [0.25, 0.3) is 0 Å². The molecule has 0 saturated heterocycles. The van der Waals surface area contributed by atoms with Gasteiger partial charge >= 0.3 is 6.18 Å². The van der Waals surface area contributed by atoms with E-state index in [-0.39, 0.29) is 11.9 Å². The third-order valence-electron chi connectivity index (χ3n) is 3.74. The summed E-state index contributed by atoms with van der Waals surface area (Å²) in [6, 6.07) is 14.8. The van der Waals surface area contributed by atoms with Crippen LogP contribution in [0.4, 0.5) is 13.2 Å². The van der Waals surface area contributed by atoms with Crippen molar-refractivity contribution in [1.29, 1.82) is 0 Å². The maximum atomic E-state index is 12.7. The summed E-state index contributed by atoms with van der Waals surface area (Å²) < 4.78 is 38.0. The van der Waals surface area contributed by atoms with Gasteiger partial charge in [0.1, 0.15) is 0 Å². The molecule has 132 valence electrons. The molecule has 0 aromatic heterocycles. The number of rotatable bonds is 6. The fraction of sp³-hybridized carbons (Fsp3) is 0.250. The minimum atomic E-state index is -4.39. The molecule has 0 unspecified atom stereocenters. The topological polar surface area (TPSA) is 29.1 Å². The highest BCUT2D eigenvalue weighted by Crippen LogP contribution is 2.29. The first kappa shape index (κ1) is 18.8. The molecule has 2 nitrogen and oxygen atoms in total. The summed E-state index contributed by atoms with van der Waals surface area (Å²) in [5.74, 6) is -0.321. The number of alkyl halides is 3. The molecule has 0 spiro atoms. The van der Waals surface area contributed by atoms with E-state index in [1.165, 1.54) is 29.8 Å². The lowest BCUT2D eigenvalue weighted by molar-refractivity contribution is -0.137. The van der Waals surface area contributed by atoms with Crippen LogP contribution in [-0.4, -0.2) is 11.9 Å². The lowest BCUT2D eigenvalue weighted by atomic mass is 10.1. The normalized spacial score (nSPS) is 13.0. The van der Waals surface area contributed by atoms with E-state index in [9.17, 15) is 18.0 Å². The van der Waals surface area contributed by atoms with Crippen molar-refractivity contribution in [2.45, 2.75) is 32.0 Å². The molecule has 2 rings (SSSR count). The van der Waals surface area contributed by atoms with Gasteiger partial charge in [0.2, 0.25) is 5.91 Å². The van der Waals surface area contributed by atoms with Gasteiger partial charge in [-0.2, -0.15) is 13.2 Å². The fourth-order valence-electron chi connectivity index (χ4n) is 2.38. The first-order valence-electron chi connectivity index (χ1n) is 8.04. The second-order valence-electron chi connectivity index (χ2n) is 5.89. The molecule has 2 aromatic rings. The predicted octanol–water partition coefficient (Wildman–Crippen LogP) is 4.86. The summed E-state index contributed by atoms with van der Waals surface area (Å²) in [6.07, 6.45) is -0.117. The van der Waals surface area contributed by atoms with E-state index in [1.807, 2.05) is 37.3 Å². The standard InChI is InChI=1S/C20H20F3NO/c1-15(10-11-16-6-3-2-4-7-16)24-19(25)13-12-17-8-5-9-18(14-17)20(21,22)23/h2-9,12-15H,10-11H2,1H3,(H,24,25)/b13-12+/t15-/m0/s1. The number of carbonyl (C=O) groups excluding carboxylic acids is 1. The molecule has 0 aliphatic heterocycles. The number of hydrogen-bond acceptors (Lipinski definition) is 1. The molecular weight excluding hydrogens is 327 g/mol. The lowest BCUT2D eigenvalue weighted by Gasteiger charge is -2.12. The van der Waals surface area contributed by atoms with Crippen LogP contribution in [-0.2, 0) is 17.4 Å². The molecule has 0 fully saturated rings. The van der Waals surface area contributed by atoms with Crippen LogP contribution in [0, 0.1) is 0 Å². The van der Waals surface area contributed by atoms with E-state index in [1.54, 1.807) is 0 Å². The summed E-state index contributed by atoms with van der Waals surface area (Å²) in [4.78, 5) is 11.9. The van der Waals surface area contributed by atoms with Crippen LogP contribution >= 0.6 is 0 Å². The van der Waals surface area contributed by atoms with Crippen molar-refractivity contribution in [2.75, 3.05) is 0 Å². The summed E-state index contributed by atoms with van der Waals surface area (Å²) in [5.41, 5.74) is 0.802. The molecule has 0 heterocycles. The Bertz CT molecular complexity index is 723. The van der Waals surface area contributed by atoms with Crippen molar-refractivity contribution in [2.24, 2.45) is 0 Å². The summed E-state index contributed by atoms with van der Waals surface area (Å²) in [6.45, 7) is 1.90. The third kappa shape index (κ3) is 6.45. The average Bonchev–Trinajstić information content (AvgIpc) is 2.59. The van der Waals surface area contributed by atoms with Crippen LogP contribution in [0.15, 0.2) is 60.7 Å². The Morgan fingerprint density at radius 3 is 2.52 bits per heavy atom. The zero-order valence-electron chi connectivity index (χ0n) is 13.9.